The van der Waals surface area contributed by atoms with E-state index >= 15 is 0 Å². The fourth-order valence-electron chi connectivity index (χ4n) is 1.79. The molecule has 0 atom stereocenters. The first kappa shape index (κ1) is 15.1. The van der Waals surface area contributed by atoms with Crippen LogP contribution in [0.25, 0.3) is 0 Å². The lowest BCUT2D eigenvalue weighted by molar-refractivity contribution is -0.384. The van der Waals surface area contributed by atoms with Gasteiger partial charge in [-0.2, -0.15) is 0 Å². The molecule has 0 aromatic heterocycles. The maximum atomic E-state index is 10.6. The molecule has 0 spiro atoms. The van der Waals surface area contributed by atoms with Crippen LogP contribution in [0, 0.1) is 10.1 Å². The molecule has 6 heteroatoms. The van der Waals surface area contributed by atoms with Crippen LogP contribution in [-0.4, -0.2) is 12.0 Å². The summed E-state index contributed by atoms with van der Waals surface area (Å²) in [5.74, 6) is 1.61. The summed E-state index contributed by atoms with van der Waals surface area (Å²) in [7, 11) is 1.56. The van der Waals surface area contributed by atoms with Gasteiger partial charge in [0.2, 0.25) is 0 Å². The normalized spacial score (nSPS) is 10.2. The van der Waals surface area contributed by atoms with E-state index in [1.54, 1.807) is 25.3 Å². The molecular formula is C15H14ClNO4. The summed E-state index contributed by atoms with van der Waals surface area (Å²) in [5, 5.41) is 10.6. The summed E-state index contributed by atoms with van der Waals surface area (Å²) in [4.78, 5) is 10.2. The van der Waals surface area contributed by atoms with Crippen LogP contribution < -0.4 is 9.47 Å². The highest BCUT2D eigenvalue weighted by atomic mass is 35.5. The molecular weight excluding hydrogens is 294 g/mol. The molecule has 0 amide bonds. The van der Waals surface area contributed by atoms with E-state index in [0.29, 0.717) is 24.0 Å². The Morgan fingerprint density at radius 1 is 1.10 bits per heavy atom. The zero-order chi connectivity index (χ0) is 15.2. The number of ether oxygens (including phenoxy) is 2. The summed E-state index contributed by atoms with van der Waals surface area (Å²) >= 11 is 5.77. The van der Waals surface area contributed by atoms with Crippen LogP contribution in [-0.2, 0) is 12.5 Å². The van der Waals surface area contributed by atoms with Crippen molar-refractivity contribution in [2.45, 2.75) is 12.5 Å². The maximum Gasteiger partial charge on any atom is 0.269 e. The van der Waals surface area contributed by atoms with Crippen LogP contribution in [0.2, 0.25) is 0 Å². The van der Waals surface area contributed by atoms with Crippen molar-refractivity contribution in [3.8, 4) is 11.5 Å². The molecule has 0 aliphatic rings. The predicted molar refractivity (Wildman–Crippen MR) is 80.0 cm³/mol. The van der Waals surface area contributed by atoms with E-state index in [0.717, 1.165) is 11.1 Å². The number of hydrogen-bond acceptors (Lipinski definition) is 4. The van der Waals surface area contributed by atoms with E-state index in [2.05, 4.69) is 0 Å². The van der Waals surface area contributed by atoms with Gasteiger partial charge in [-0.25, -0.2) is 0 Å². The molecule has 2 aromatic carbocycles. The number of nitro groups is 1. The Bertz CT molecular complexity index is 628. The highest BCUT2D eigenvalue weighted by Crippen LogP contribution is 2.29. The lowest BCUT2D eigenvalue weighted by Gasteiger charge is -2.11. The zero-order valence-electron chi connectivity index (χ0n) is 11.4. The first-order valence-corrected chi connectivity index (χ1v) is 6.76. The number of rotatable bonds is 6. The maximum absolute atomic E-state index is 10.6. The number of nitro benzene ring substituents is 1. The number of methoxy groups -OCH3 is 1. The van der Waals surface area contributed by atoms with Gasteiger partial charge >= 0.3 is 0 Å². The van der Waals surface area contributed by atoms with Gasteiger partial charge in [-0.15, -0.1) is 11.6 Å². The molecule has 0 saturated heterocycles. The summed E-state index contributed by atoms with van der Waals surface area (Å²) in [6.07, 6.45) is 0. The SMILES string of the molecule is COc1cc(CCl)ccc1OCc1ccc([N+](=O)[O-])cc1. The average Bonchev–Trinajstić information content (AvgIpc) is 2.53. The van der Waals surface area contributed by atoms with Gasteiger partial charge in [0.25, 0.3) is 5.69 Å². The largest absolute Gasteiger partial charge is 0.493 e. The molecule has 0 saturated carbocycles. The number of halogens is 1. The lowest BCUT2D eigenvalue weighted by Crippen LogP contribution is -1.98. The molecule has 0 N–H and O–H groups in total. The minimum atomic E-state index is -0.432. The molecule has 0 aliphatic heterocycles. The summed E-state index contributed by atoms with van der Waals surface area (Å²) in [5.41, 5.74) is 1.84. The van der Waals surface area contributed by atoms with Crippen molar-refractivity contribution in [2.24, 2.45) is 0 Å². The number of benzene rings is 2. The predicted octanol–water partition coefficient (Wildman–Crippen LogP) is 3.92. The molecule has 0 aliphatic carbocycles. The number of nitrogens with zero attached hydrogens (tertiary/aromatic N) is 1. The van der Waals surface area contributed by atoms with E-state index < -0.39 is 4.92 Å². The molecule has 2 rings (SSSR count). The average molecular weight is 308 g/mol. The first-order valence-electron chi connectivity index (χ1n) is 6.23. The molecule has 110 valence electrons. The Balaban J connectivity index is 2.07. The van der Waals surface area contributed by atoms with E-state index in [1.165, 1.54) is 12.1 Å². The third-order valence-corrected chi connectivity index (χ3v) is 3.23. The van der Waals surface area contributed by atoms with Gasteiger partial charge in [-0.1, -0.05) is 6.07 Å². The Hall–Kier alpha value is -2.27. The Morgan fingerprint density at radius 2 is 1.76 bits per heavy atom. The standard InChI is InChI=1S/C15H14ClNO4/c1-20-15-8-12(9-16)4-7-14(15)21-10-11-2-5-13(6-3-11)17(18)19/h2-8H,9-10H2,1H3. The Kier molecular flexibility index (Phi) is 5.00. The third-order valence-electron chi connectivity index (χ3n) is 2.92. The number of non-ortho nitro benzene ring substituents is 1. The van der Waals surface area contributed by atoms with Crippen molar-refractivity contribution in [2.75, 3.05) is 7.11 Å². The van der Waals surface area contributed by atoms with E-state index in [9.17, 15) is 10.1 Å². The van der Waals surface area contributed by atoms with Gasteiger partial charge in [0, 0.05) is 18.0 Å². The van der Waals surface area contributed by atoms with Crippen molar-refractivity contribution >= 4 is 17.3 Å². The Labute approximate surface area is 127 Å². The van der Waals surface area contributed by atoms with Crippen LogP contribution in [0.4, 0.5) is 5.69 Å². The van der Waals surface area contributed by atoms with Gasteiger partial charge in [-0.05, 0) is 35.4 Å². The van der Waals surface area contributed by atoms with Crippen LogP contribution in [0.3, 0.4) is 0 Å². The van der Waals surface area contributed by atoms with Crippen LogP contribution in [0.5, 0.6) is 11.5 Å². The van der Waals surface area contributed by atoms with Crippen molar-refractivity contribution in [3.63, 3.8) is 0 Å². The molecule has 2 aromatic rings. The Morgan fingerprint density at radius 3 is 2.33 bits per heavy atom. The van der Waals surface area contributed by atoms with Gasteiger partial charge in [0.05, 0.1) is 12.0 Å². The van der Waals surface area contributed by atoms with E-state index in [4.69, 9.17) is 21.1 Å². The zero-order valence-corrected chi connectivity index (χ0v) is 12.2. The van der Waals surface area contributed by atoms with Crippen LogP contribution >= 0.6 is 11.6 Å². The quantitative estimate of drug-likeness (QED) is 0.461. The number of alkyl halides is 1. The van der Waals surface area contributed by atoms with Crippen molar-refractivity contribution in [1.29, 1.82) is 0 Å². The summed E-state index contributed by atoms with van der Waals surface area (Å²) in [6.45, 7) is 0.300. The summed E-state index contributed by atoms with van der Waals surface area (Å²) < 4.78 is 10.9. The van der Waals surface area contributed by atoms with Gasteiger partial charge in [-0.3, -0.25) is 10.1 Å². The second kappa shape index (κ2) is 6.95. The van der Waals surface area contributed by atoms with Gasteiger partial charge in [0.1, 0.15) is 6.61 Å². The van der Waals surface area contributed by atoms with E-state index in [-0.39, 0.29) is 5.69 Å². The fraction of sp³-hybridized carbons (Fsp3) is 0.200. The van der Waals surface area contributed by atoms with Gasteiger partial charge in [0.15, 0.2) is 11.5 Å². The second-order valence-electron chi connectivity index (χ2n) is 4.33. The molecule has 21 heavy (non-hydrogen) atoms. The molecule has 0 heterocycles. The van der Waals surface area contributed by atoms with Crippen molar-refractivity contribution < 1.29 is 14.4 Å². The molecule has 0 unspecified atom stereocenters. The topological polar surface area (TPSA) is 61.6 Å². The van der Waals surface area contributed by atoms with Gasteiger partial charge < -0.3 is 9.47 Å². The minimum absolute atomic E-state index is 0.0581. The highest BCUT2D eigenvalue weighted by molar-refractivity contribution is 6.17. The van der Waals surface area contributed by atoms with Crippen LogP contribution in [0.15, 0.2) is 42.5 Å². The lowest BCUT2D eigenvalue weighted by atomic mass is 10.2. The molecule has 0 fully saturated rings. The van der Waals surface area contributed by atoms with Crippen LogP contribution in [0.1, 0.15) is 11.1 Å². The fourth-order valence-corrected chi connectivity index (χ4v) is 1.96. The van der Waals surface area contributed by atoms with E-state index in [1.807, 2.05) is 12.1 Å². The first-order chi connectivity index (χ1) is 10.1. The van der Waals surface area contributed by atoms with Crippen molar-refractivity contribution in [3.05, 3.63) is 63.7 Å². The molecule has 5 nitrogen and oxygen atoms in total. The minimum Gasteiger partial charge on any atom is -0.493 e. The molecule has 0 bridgehead atoms. The third kappa shape index (κ3) is 3.86. The number of hydrogen-bond donors (Lipinski definition) is 0. The highest BCUT2D eigenvalue weighted by Gasteiger charge is 2.07. The second-order valence-corrected chi connectivity index (χ2v) is 4.60. The smallest absolute Gasteiger partial charge is 0.269 e. The summed E-state index contributed by atoms with van der Waals surface area (Å²) in [6, 6.07) is 11.7. The monoisotopic (exact) mass is 307 g/mol. The van der Waals surface area contributed by atoms with Crippen molar-refractivity contribution in [1.82, 2.24) is 0 Å². The molecule has 0 radical (unpaired) electrons.